The van der Waals surface area contributed by atoms with Crippen molar-refractivity contribution in [3.8, 4) is 0 Å². The van der Waals surface area contributed by atoms with Crippen molar-refractivity contribution in [2.75, 3.05) is 13.1 Å². The number of carbonyl (C=O) groups is 2. The van der Waals surface area contributed by atoms with Crippen LogP contribution in [0.5, 0.6) is 0 Å². The van der Waals surface area contributed by atoms with Crippen LogP contribution >= 0.6 is 0 Å². The highest BCUT2D eigenvalue weighted by Gasteiger charge is 2.23. The molecule has 146 valence electrons. The van der Waals surface area contributed by atoms with E-state index in [0.717, 1.165) is 12.0 Å². The van der Waals surface area contributed by atoms with Crippen molar-refractivity contribution in [3.63, 3.8) is 0 Å². The van der Waals surface area contributed by atoms with Crippen molar-refractivity contribution < 1.29 is 9.59 Å². The lowest BCUT2D eigenvalue weighted by Crippen LogP contribution is -2.52. The van der Waals surface area contributed by atoms with E-state index in [4.69, 9.17) is 11.5 Å². The molecule has 2 amide bonds. The molecule has 0 saturated heterocycles. The van der Waals surface area contributed by atoms with Crippen molar-refractivity contribution >= 4 is 11.8 Å². The van der Waals surface area contributed by atoms with Crippen LogP contribution in [-0.4, -0.2) is 37.0 Å². The Labute approximate surface area is 157 Å². The number of nitrogens with two attached hydrogens (primary N) is 2. The quantitative estimate of drug-likeness (QED) is 0.449. The Bertz CT molecular complexity index is 534. The Morgan fingerprint density at radius 1 is 1.04 bits per heavy atom. The summed E-state index contributed by atoms with van der Waals surface area (Å²) in [4.78, 5) is 24.8. The van der Waals surface area contributed by atoms with E-state index in [-0.39, 0.29) is 11.8 Å². The van der Waals surface area contributed by atoms with Crippen molar-refractivity contribution in [1.29, 1.82) is 0 Å². The van der Waals surface area contributed by atoms with Gasteiger partial charge in [0, 0.05) is 6.54 Å². The lowest BCUT2D eigenvalue weighted by molar-refractivity contribution is -0.129. The second kappa shape index (κ2) is 12.4. The molecule has 2 atom stereocenters. The first-order valence-electron chi connectivity index (χ1n) is 9.51. The summed E-state index contributed by atoms with van der Waals surface area (Å²) in [5.74, 6) is 0.0637. The van der Waals surface area contributed by atoms with Crippen molar-refractivity contribution in [2.45, 2.75) is 58.0 Å². The van der Waals surface area contributed by atoms with Gasteiger partial charge in [0.1, 0.15) is 6.04 Å². The molecule has 1 aromatic rings. The smallest absolute Gasteiger partial charge is 0.242 e. The topological polar surface area (TPSA) is 110 Å². The maximum Gasteiger partial charge on any atom is 0.242 e. The molecular weight excluding hydrogens is 328 g/mol. The summed E-state index contributed by atoms with van der Waals surface area (Å²) in [7, 11) is 0. The molecule has 6 N–H and O–H groups in total. The van der Waals surface area contributed by atoms with Gasteiger partial charge in [-0.1, -0.05) is 44.2 Å². The Morgan fingerprint density at radius 3 is 2.35 bits per heavy atom. The minimum Gasteiger partial charge on any atom is -0.354 e. The van der Waals surface area contributed by atoms with Gasteiger partial charge in [0.25, 0.3) is 0 Å². The van der Waals surface area contributed by atoms with Crippen LogP contribution in [0.3, 0.4) is 0 Å². The van der Waals surface area contributed by atoms with Crippen LogP contribution in [0.15, 0.2) is 30.3 Å². The third-order valence-corrected chi connectivity index (χ3v) is 4.27. The summed E-state index contributed by atoms with van der Waals surface area (Å²) in [5.41, 5.74) is 12.5. The molecule has 0 aliphatic carbocycles. The minimum absolute atomic E-state index is 0.152. The summed E-state index contributed by atoms with van der Waals surface area (Å²) in [6, 6.07) is 8.70. The maximum absolute atomic E-state index is 12.5. The van der Waals surface area contributed by atoms with E-state index in [9.17, 15) is 9.59 Å². The highest BCUT2D eigenvalue weighted by Crippen LogP contribution is 2.07. The van der Waals surface area contributed by atoms with Crippen LogP contribution in [0.4, 0.5) is 0 Å². The van der Waals surface area contributed by atoms with Gasteiger partial charge in [-0.05, 0) is 50.1 Å². The summed E-state index contributed by atoms with van der Waals surface area (Å²) < 4.78 is 0. The monoisotopic (exact) mass is 362 g/mol. The first-order chi connectivity index (χ1) is 12.4. The van der Waals surface area contributed by atoms with Gasteiger partial charge in [-0.15, -0.1) is 0 Å². The van der Waals surface area contributed by atoms with Gasteiger partial charge in [0.05, 0.1) is 6.04 Å². The van der Waals surface area contributed by atoms with E-state index >= 15 is 0 Å². The Morgan fingerprint density at radius 2 is 1.73 bits per heavy atom. The van der Waals surface area contributed by atoms with E-state index in [1.54, 1.807) is 0 Å². The Kier molecular flexibility index (Phi) is 10.6. The number of nitrogens with one attached hydrogen (secondary N) is 2. The first kappa shape index (κ1) is 22.1. The van der Waals surface area contributed by atoms with E-state index in [2.05, 4.69) is 24.5 Å². The molecule has 0 aliphatic rings. The van der Waals surface area contributed by atoms with Crippen molar-refractivity contribution in [3.05, 3.63) is 35.9 Å². The van der Waals surface area contributed by atoms with Crippen molar-refractivity contribution in [1.82, 2.24) is 10.6 Å². The number of hydrogen-bond acceptors (Lipinski definition) is 4. The van der Waals surface area contributed by atoms with E-state index < -0.39 is 12.1 Å². The zero-order valence-corrected chi connectivity index (χ0v) is 16.0. The molecule has 0 saturated carbocycles. The lowest BCUT2D eigenvalue weighted by atomic mass is 10.0. The molecule has 0 fully saturated rings. The SMILES string of the molecule is CC(C)CCNC(=O)[C@@H](CCc1ccccc1)NC(=O)[C@@H](N)CCCN. The van der Waals surface area contributed by atoms with Gasteiger partial charge >= 0.3 is 0 Å². The molecule has 1 rings (SSSR count). The second-order valence-electron chi connectivity index (χ2n) is 7.10. The van der Waals surface area contributed by atoms with Crippen LogP contribution in [0.25, 0.3) is 0 Å². The summed E-state index contributed by atoms with van der Waals surface area (Å²) in [6.07, 6.45) is 3.35. The highest BCUT2D eigenvalue weighted by molar-refractivity contribution is 5.89. The Balaban J connectivity index is 2.64. The molecule has 0 heterocycles. The van der Waals surface area contributed by atoms with Gasteiger partial charge in [0.2, 0.25) is 11.8 Å². The summed E-state index contributed by atoms with van der Waals surface area (Å²) >= 11 is 0. The Hall–Kier alpha value is -1.92. The number of amides is 2. The minimum atomic E-state index is -0.638. The van der Waals surface area contributed by atoms with Gasteiger partial charge in [-0.25, -0.2) is 0 Å². The van der Waals surface area contributed by atoms with Crippen LogP contribution in [-0.2, 0) is 16.0 Å². The molecule has 0 radical (unpaired) electrons. The summed E-state index contributed by atoms with van der Waals surface area (Å²) in [5, 5.41) is 5.74. The zero-order valence-electron chi connectivity index (χ0n) is 16.0. The average molecular weight is 363 g/mol. The normalized spacial score (nSPS) is 13.3. The van der Waals surface area contributed by atoms with Gasteiger partial charge in [0.15, 0.2) is 0 Å². The fourth-order valence-electron chi connectivity index (χ4n) is 2.58. The van der Waals surface area contributed by atoms with E-state index in [0.29, 0.717) is 44.7 Å². The summed E-state index contributed by atoms with van der Waals surface area (Å²) in [6.45, 7) is 5.32. The largest absolute Gasteiger partial charge is 0.354 e. The number of aryl methyl sites for hydroxylation is 1. The average Bonchev–Trinajstić information content (AvgIpc) is 2.63. The van der Waals surface area contributed by atoms with E-state index in [1.165, 1.54) is 0 Å². The number of rotatable bonds is 12. The molecular formula is C20H34N4O2. The van der Waals surface area contributed by atoms with Crippen LogP contribution in [0.1, 0.15) is 45.1 Å². The van der Waals surface area contributed by atoms with Gasteiger partial charge in [-0.2, -0.15) is 0 Å². The van der Waals surface area contributed by atoms with Crippen LogP contribution < -0.4 is 22.1 Å². The predicted octanol–water partition coefficient (Wildman–Crippen LogP) is 1.33. The molecule has 26 heavy (non-hydrogen) atoms. The van der Waals surface area contributed by atoms with E-state index in [1.807, 2.05) is 30.3 Å². The van der Waals surface area contributed by atoms with Crippen LogP contribution in [0, 0.1) is 5.92 Å². The van der Waals surface area contributed by atoms with Gasteiger partial charge < -0.3 is 22.1 Å². The molecule has 0 bridgehead atoms. The lowest BCUT2D eigenvalue weighted by Gasteiger charge is -2.21. The maximum atomic E-state index is 12.5. The fourth-order valence-corrected chi connectivity index (χ4v) is 2.58. The fraction of sp³-hybridized carbons (Fsp3) is 0.600. The third kappa shape index (κ3) is 8.97. The molecule has 0 spiro atoms. The third-order valence-electron chi connectivity index (χ3n) is 4.27. The number of hydrogen-bond donors (Lipinski definition) is 4. The molecule has 6 nitrogen and oxygen atoms in total. The molecule has 1 aromatic carbocycles. The zero-order chi connectivity index (χ0) is 19.4. The molecule has 0 aromatic heterocycles. The van der Waals surface area contributed by atoms with Crippen molar-refractivity contribution in [2.24, 2.45) is 17.4 Å². The number of benzene rings is 1. The first-order valence-corrected chi connectivity index (χ1v) is 9.51. The van der Waals surface area contributed by atoms with Crippen LogP contribution in [0.2, 0.25) is 0 Å². The molecule has 0 unspecified atom stereocenters. The standard InChI is InChI=1S/C20H34N4O2/c1-15(2)12-14-23-20(26)18(11-10-16-7-4-3-5-8-16)24-19(25)17(22)9-6-13-21/h3-5,7-8,15,17-18H,6,9-14,21-22H2,1-2H3,(H,23,26)(H,24,25)/t17-,18+/m0/s1. The van der Waals surface area contributed by atoms with Gasteiger partial charge in [-0.3, -0.25) is 9.59 Å². The molecule has 0 aliphatic heterocycles. The number of carbonyl (C=O) groups excluding carboxylic acids is 2. The molecule has 6 heteroatoms. The highest BCUT2D eigenvalue weighted by atomic mass is 16.2. The second-order valence-corrected chi connectivity index (χ2v) is 7.10. The predicted molar refractivity (Wildman–Crippen MR) is 105 cm³/mol.